The van der Waals surface area contributed by atoms with Crippen LogP contribution in [0.2, 0.25) is 0 Å². The second-order valence-electron chi connectivity index (χ2n) is 2.01. The third-order valence-electron chi connectivity index (χ3n) is 1.27. The molecule has 46 valence electrons. The molecule has 0 radical (unpaired) electrons. The average Bonchev–Trinajstić information content (AvgIpc) is 1.85. The molecule has 1 heterocycles. The number of hydrogen-bond acceptors (Lipinski definition) is 3. The second-order valence-corrected chi connectivity index (χ2v) is 2.01. The lowest BCUT2D eigenvalue weighted by Crippen LogP contribution is -2.27. The molecule has 3 nitrogen and oxygen atoms in total. The zero-order valence-corrected chi connectivity index (χ0v) is 5.13. The lowest BCUT2D eigenvalue weighted by atomic mass is 10.6. The van der Waals surface area contributed by atoms with Crippen molar-refractivity contribution in [1.29, 1.82) is 0 Å². The Bertz CT molecular complexity index is 122. The van der Waals surface area contributed by atoms with Crippen molar-refractivity contribution < 1.29 is 5.11 Å². The molecular weight excluding hydrogens is 104 g/mol. The van der Waals surface area contributed by atoms with Crippen LogP contribution >= 0.6 is 0 Å². The van der Waals surface area contributed by atoms with Crippen molar-refractivity contribution in [2.45, 2.75) is 0 Å². The van der Waals surface area contributed by atoms with Gasteiger partial charge in [0, 0.05) is 14.1 Å². The first-order valence-electron chi connectivity index (χ1n) is 2.53. The van der Waals surface area contributed by atoms with Gasteiger partial charge in [-0.2, -0.15) is 0 Å². The number of aliphatic hydroxyl groups is 1. The molecule has 0 unspecified atom stereocenters. The summed E-state index contributed by atoms with van der Waals surface area (Å²) in [5.74, 6) is 0.426. The normalized spacial score (nSPS) is 21.8. The van der Waals surface area contributed by atoms with Gasteiger partial charge >= 0.3 is 0 Å². The lowest BCUT2D eigenvalue weighted by Gasteiger charge is -2.17. The van der Waals surface area contributed by atoms with Crippen LogP contribution in [0.5, 0.6) is 0 Å². The third kappa shape index (κ3) is 0.767. The van der Waals surface area contributed by atoms with Gasteiger partial charge in [0.15, 0.2) is 0 Å². The summed E-state index contributed by atoms with van der Waals surface area (Å²) in [6.45, 7) is 0.635. The van der Waals surface area contributed by atoms with E-state index in [1.165, 1.54) is 0 Å². The summed E-state index contributed by atoms with van der Waals surface area (Å²) in [4.78, 5) is 0. The fourth-order valence-electron chi connectivity index (χ4n) is 0.701. The van der Waals surface area contributed by atoms with Crippen LogP contribution in [0.1, 0.15) is 0 Å². The molecule has 1 N–H and O–H groups in total. The summed E-state index contributed by atoms with van der Waals surface area (Å²) in [5, 5.41) is 12.6. The van der Waals surface area contributed by atoms with Crippen molar-refractivity contribution in [3.8, 4) is 0 Å². The van der Waals surface area contributed by atoms with E-state index in [4.69, 9.17) is 5.11 Å². The quantitative estimate of drug-likeness (QED) is 0.486. The van der Waals surface area contributed by atoms with Gasteiger partial charge in [0.25, 0.3) is 0 Å². The molecule has 0 spiro atoms. The average molecular weight is 114 g/mol. The minimum absolute atomic E-state index is 0.426. The second kappa shape index (κ2) is 1.67. The van der Waals surface area contributed by atoms with Gasteiger partial charge in [-0.3, -0.25) is 0 Å². The maximum atomic E-state index is 8.85. The monoisotopic (exact) mass is 114 g/mol. The first-order valence-corrected chi connectivity index (χ1v) is 2.53. The number of hydrogen-bond donors (Lipinski definition) is 1. The zero-order valence-electron chi connectivity index (χ0n) is 5.13. The summed E-state index contributed by atoms with van der Waals surface area (Å²) in [7, 11) is 3.81. The van der Waals surface area contributed by atoms with Crippen molar-refractivity contribution >= 4 is 0 Å². The molecule has 0 aromatic heterocycles. The highest BCUT2D eigenvalue weighted by atomic mass is 16.3. The summed E-state index contributed by atoms with van der Waals surface area (Å²) in [6, 6.07) is 0. The molecule has 0 aromatic rings. The highest BCUT2D eigenvalue weighted by molar-refractivity contribution is 4.96. The smallest absolute Gasteiger partial charge is 0.125 e. The van der Waals surface area contributed by atoms with E-state index in [1.807, 2.05) is 24.1 Å². The van der Waals surface area contributed by atoms with Crippen LogP contribution in [0.15, 0.2) is 12.0 Å². The Kier molecular flexibility index (Phi) is 1.13. The number of hydrazine groups is 1. The Balaban J connectivity index is 2.56. The molecule has 0 saturated heterocycles. The summed E-state index contributed by atoms with van der Waals surface area (Å²) in [6.07, 6.45) is 1.69. The molecule has 0 aromatic carbocycles. The van der Waals surface area contributed by atoms with Crippen LogP contribution in [0.3, 0.4) is 0 Å². The fraction of sp³-hybridized carbons (Fsp3) is 0.600. The predicted octanol–water partition coefficient (Wildman–Crippen LogP) is 0.178. The Morgan fingerprint density at radius 1 is 1.62 bits per heavy atom. The third-order valence-corrected chi connectivity index (χ3v) is 1.27. The molecule has 0 amide bonds. The summed E-state index contributed by atoms with van der Waals surface area (Å²) in [5.41, 5.74) is 0. The molecule has 1 rings (SSSR count). The molecular formula is C5H10N2O. The largest absolute Gasteiger partial charge is 0.509 e. The molecule has 3 heteroatoms. The van der Waals surface area contributed by atoms with Crippen LogP contribution in [-0.2, 0) is 0 Å². The molecule has 1 aliphatic rings. The van der Waals surface area contributed by atoms with E-state index in [9.17, 15) is 0 Å². The minimum Gasteiger partial charge on any atom is -0.509 e. The Labute approximate surface area is 48.8 Å². The topological polar surface area (TPSA) is 26.7 Å². The molecule has 0 bridgehead atoms. The SMILES string of the molecule is CN1C=C(O)CN1C. The van der Waals surface area contributed by atoms with E-state index in [2.05, 4.69) is 0 Å². The van der Waals surface area contributed by atoms with E-state index >= 15 is 0 Å². The van der Waals surface area contributed by atoms with E-state index in [0.717, 1.165) is 0 Å². The molecule has 0 atom stereocenters. The molecule has 0 saturated carbocycles. The fourth-order valence-corrected chi connectivity index (χ4v) is 0.701. The van der Waals surface area contributed by atoms with E-state index in [0.29, 0.717) is 12.3 Å². The van der Waals surface area contributed by atoms with Crippen LogP contribution < -0.4 is 0 Å². The number of rotatable bonds is 0. The summed E-state index contributed by atoms with van der Waals surface area (Å²) < 4.78 is 0. The number of likely N-dealkylation sites (N-methyl/N-ethyl adjacent to an activating group) is 1. The van der Waals surface area contributed by atoms with Crippen molar-refractivity contribution in [3.05, 3.63) is 12.0 Å². The zero-order chi connectivity index (χ0) is 6.15. The van der Waals surface area contributed by atoms with E-state index in [-0.39, 0.29) is 0 Å². The first-order chi connectivity index (χ1) is 3.70. The van der Waals surface area contributed by atoms with Crippen molar-refractivity contribution in [1.82, 2.24) is 10.0 Å². The van der Waals surface area contributed by atoms with Crippen molar-refractivity contribution in [2.24, 2.45) is 0 Å². The highest BCUT2D eigenvalue weighted by Gasteiger charge is 2.11. The van der Waals surface area contributed by atoms with Crippen LogP contribution in [0.25, 0.3) is 0 Å². The lowest BCUT2D eigenvalue weighted by molar-refractivity contribution is 0.112. The molecule has 8 heavy (non-hydrogen) atoms. The Morgan fingerprint density at radius 2 is 2.25 bits per heavy atom. The van der Waals surface area contributed by atoms with E-state index < -0.39 is 0 Å². The molecule has 0 aliphatic carbocycles. The van der Waals surface area contributed by atoms with E-state index in [1.54, 1.807) is 6.20 Å². The van der Waals surface area contributed by atoms with Gasteiger partial charge < -0.3 is 10.1 Å². The van der Waals surface area contributed by atoms with Gasteiger partial charge in [-0.05, 0) is 0 Å². The van der Waals surface area contributed by atoms with Gasteiger partial charge in [0.2, 0.25) is 0 Å². The molecule has 1 aliphatic heterocycles. The Morgan fingerprint density at radius 3 is 2.38 bits per heavy atom. The van der Waals surface area contributed by atoms with Crippen molar-refractivity contribution in [3.63, 3.8) is 0 Å². The maximum Gasteiger partial charge on any atom is 0.125 e. The molecule has 0 fully saturated rings. The number of aliphatic hydroxyl groups excluding tert-OH is 1. The van der Waals surface area contributed by atoms with Gasteiger partial charge in [0.1, 0.15) is 5.76 Å². The van der Waals surface area contributed by atoms with Gasteiger partial charge in [-0.1, -0.05) is 0 Å². The first kappa shape index (κ1) is 5.44. The predicted molar refractivity (Wildman–Crippen MR) is 31.1 cm³/mol. The van der Waals surface area contributed by atoms with Gasteiger partial charge in [0.05, 0.1) is 12.7 Å². The number of nitrogens with zero attached hydrogens (tertiary/aromatic N) is 2. The minimum atomic E-state index is 0.426. The maximum absolute atomic E-state index is 8.85. The Hall–Kier alpha value is -0.700. The van der Waals surface area contributed by atoms with Gasteiger partial charge in [-0.25, -0.2) is 5.01 Å². The van der Waals surface area contributed by atoms with Gasteiger partial charge in [-0.15, -0.1) is 0 Å². The highest BCUT2D eigenvalue weighted by Crippen LogP contribution is 2.05. The van der Waals surface area contributed by atoms with Crippen LogP contribution in [-0.4, -0.2) is 35.8 Å². The van der Waals surface area contributed by atoms with Crippen molar-refractivity contribution in [2.75, 3.05) is 20.6 Å². The van der Waals surface area contributed by atoms with Crippen LogP contribution in [0, 0.1) is 0 Å². The summed E-state index contributed by atoms with van der Waals surface area (Å²) >= 11 is 0. The van der Waals surface area contributed by atoms with Crippen LogP contribution in [0.4, 0.5) is 0 Å². The standard InChI is InChI=1S/C5H10N2O/c1-6-3-5(8)4-7(6)2/h3,8H,4H2,1-2H3.